The van der Waals surface area contributed by atoms with Crippen LogP contribution in [0.1, 0.15) is 29.5 Å². The van der Waals surface area contributed by atoms with E-state index < -0.39 is 5.97 Å². The molecule has 1 aromatic heterocycles. The third-order valence-electron chi connectivity index (χ3n) is 4.45. The molecule has 0 saturated carbocycles. The van der Waals surface area contributed by atoms with Crippen LogP contribution in [0, 0.1) is 20.8 Å². The SMILES string of the molecule is Cc1ccc(-c2nc3cc(C)c(C)cc3n2CCCC(=O)O)cc1. The molecule has 0 atom stereocenters. The molecular formula is C20H22N2O2. The Morgan fingerprint density at radius 2 is 1.75 bits per heavy atom. The van der Waals surface area contributed by atoms with Gasteiger partial charge in [0.05, 0.1) is 11.0 Å². The highest BCUT2D eigenvalue weighted by molar-refractivity contribution is 5.82. The van der Waals surface area contributed by atoms with Gasteiger partial charge in [0.25, 0.3) is 0 Å². The average molecular weight is 322 g/mol. The molecule has 0 radical (unpaired) electrons. The minimum Gasteiger partial charge on any atom is -0.481 e. The quantitative estimate of drug-likeness (QED) is 0.753. The fourth-order valence-electron chi connectivity index (χ4n) is 2.92. The largest absolute Gasteiger partial charge is 0.481 e. The summed E-state index contributed by atoms with van der Waals surface area (Å²) in [6, 6.07) is 12.6. The Balaban J connectivity index is 2.11. The van der Waals surface area contributed by atoms with E-state index in [1.807, 2.05) is 0 Å². The number of fused-ring (bicyclic) bond motifs is 1. The van der Waals surface area contributed by atoms with Crippen LogP contribution < -0.4 is 0 Å². The van der Waals surface area contributed by atoms with E-state index in [0.717, 1.165) is 22.4 Å². The highest BCUT2D eigenvalue weighted by Gasteiger charge is 2.14. The molecule has 0 spiro atoms. The zero-order chi connectivity index (χ0) is 17.3. The average Bonchev–Trinajstić information content (AvgIpc) is 2.86. The van der Waals surface area contributed by atoms with Crippen LogP contribution in [0.2, 0.25) is 0 Å². The summed E-state index contributed by atoms with van der Waals surface area (Å²) in [4.78, 5) is 15.7. The van der Waals surface area contributed by atoms with Crippen molar-refractivity contribution in [3.05, 3.63) is 53.1 Å². The molecule has 124 valence electrons. The van der Waals surface area contributed by atoms with Gasteiger partial charge in [-0.2, -0.15) is 0 Å². The lowest BCUT2D eigenvalue weighted by Gasteiger charge is -2.10. The Bertz CT molecular complexity index is 892. The van der Waals surface area contributed by atoms with Crippen molar-refractivity contribution in [1.29, 1.82) is 0 Å². The molecule has 0 bridgehead atoms. The number of benzene rings is 2. The summed E-state index contributed by atoms with van der Waals surface area (Å²) in [6.45, 7) is 6.89. The number of carbonyl (C=O) groups is 1. The standard InChI is InChI=1S/C20H22N2O2/c1-13-6-8-16(9-7-13)20-21-17-11-14(2)15(3)12-18(17)22(20)10-4-5-19(23)24/h6-9,11-12H,4-5,10H2,1-3H3,(H,23,24). The summed E-state index contributed by atoms with van der Waals surface area (Å²) in [6.07, 6.45) is 0.754. The molecule has 0 aliphatic heterocycles. The lowest BCUT2D eigenvalue weighted by atomic mass is 10.1. The van der Waals surface area contributed by atoms with Gasteiger partial charge in [0.15, 0.2) is 0 Å². The number of aromatic nitrogens is 2. The molecule has 1 N–H and O–H groups in total. The second kappa shape index (κ2) is 6.48. The fraction of sp³-hybridized carbons (Fsp3) is 0.300. The topological polar surface area (TPSA) is 55.1 Å². The zero-order valence-corrected chi connectivity index (χ0v) is 14.3. The molecule has 24 heavy (non-hydrogen) atoms. The third kappa shape index (κ3) is 3.18. The summed E-state index contributed by atoms with van der Waals surface area (Å²) < 4.78 is 2.15. The molecule has 4 nitrogen and oxygen atoms in total. The highest BCUT2D eigenvalue weighted by atomic mass is 16.4. The number of carboxylic acid groups (broad SMARTS) is 1. The maximum Gasteiger partial charge on any atom is 0.303 e. The Morgan fingerprint density at radius 1 is 1.08 bits per heavy atom. The van der Waals surface area contributed by atoms with E-state index in [1.165, 1.54) is 16.7 Å². The van der Waals surface area contributed by atoms with Gasteiger partial charge in [-0.25, -0.2) is 4.98 Å². The lowest BCUT2D eigenvalue weighted by molar-refractivity contribution is -0.137. The number of nitrogens with zero attached hydrogens (tertiary/aromatic N) is 2. The van der Waals surface area contributed by atoms with Crippen molar-refractivity contribution in [1.82, 2.24) is 9.55 Å². The molecule has 1 heterocycles. The van der Waals surface area contributed by atoms with E-state index in [2.05, 4.69) is 61.7 Å². The van der Waals surface area contributed by atoms with Crippen LogP contribution in [0.4, 0.5) is 0 Å². The van der Waals surface area contributed by atoms with Crippen molar-refractivity contribution in [2.45, 2.75) is 40.2 Å². The maximum absolute atomic E-state index is 10.9. The molecule has 2 aromatic carbocycles. The molecule has 0 fully saturated rings. The van der Waals surface area contributed by atoms with E-state index in [4.69, 9.17) is 10.1 Å². The number of carboxylic acids is 1. The Hall–Kier alpha value is -2.62. The van der Waals surface area contributed by atoms with E-state index in [1.54, 1.807) is 0 Å². The minimum atomic E-state index is -0.761. The van der Waals surface area contributed by atoms with Gasteiger partial charge < -0.3 is 9.67 Å². The smallest absolute Gasteiger partial charge is 0.303 e. The van der Waals surface area contributed by atoms with Crippen molar-refractivity contribution < 1.29 is 9.90 Å². The number of aliphatic carboxylic acids is 1. The van der Waals surface area contributed by atoms with Crippen molar-refractivity contribution in [3.63, 3.8) is 0 Å². The molecule has 3 aromatic rings. The van der Waals surface area contributed by atoms with Crippen LogP contribution in [0.25, 0.3) is 22.4 Å². The van der Waals surface area contributed by atoms with Gasteiger partial charge in [0.2, 0.25) is 0 Å². The summed E-state index contributed by atoms with van der Waals surface area (Å²) in [5, 5.41) is 8.93. The second-order valence-corrected chi connectivity index (χ2v) is 6.38. The molecule has 0 saturated heterocycles. The van der Waals surface area contributed by atoms with Crippen LogP contribution in [-0.4, -0.2) is 20.6 Å². The monoisotopic (exact) mass is 322 g/mol. The predicted molar refractivity (Wildman–Crippen MR) is 96.2 cm³/mol. The first-order valence-electron chi connectivity index (χ1n) is 8.22. The summed E-state index contributed by atoms with van der Waals surface area (Å²) in [5.74, 6) is 0.142. The molecule has 0 unspecified atom stereocenters. The number of imidazole rings is 1. The van der Waals surface area contributed by atoms with Gasteiger partial charge >= 0.3 is 5.97 Å². The first kappa shape index (κ1) is 16.2. The number of rotatable bonds is 5. The molecular weight excluding hydrogens is 300 g/mol. The Morgan fingerprint density at radius 3 is 2.42 bits per heavy atom. The normalized spacial score (nSPS) is 11.1. The van der Waals surface area contributed by atoms with Crippen LogP contribution in [0.3, 0.4) is 0 Å². The Labute approximate surface area is 141 Å². The predicted octanol–water partition coefficient (Wildman–Crippen LogP) is 4.49. The number of hydrogen-bond donors (Lipinski definition) is 1. The van der Waals surface area contributed by atoms with Gasteiger partial charge in [-0.05, 0) is 50.5 Å². The van der Waals surface area contributed by atoms with E-state index in [9.17, 15) is 4.79 Å². The van der Waals surface area contributed by atoms with Gasteiger partial charge in [-0.15, -0.1) is 0 Å². The highest BCUT2D eigenvalue weighted by Crippen LogP contribution is 2.27. The van der Waals surface area contributed by atoms with E-state index in [-0.39, 0.29) is 6.42 Å². The third-order valence-corrected chi connectivity index (χ3v) is 4.45. The first-order valence-corrected chi connectivity index (χ1v) is 8.22. The summed E-state index contributed by atoms with van der Waals surface area (Å²) >= 11 is 0. The minimum absolute atomic E-state index is 0.165. The fourth-order valence-corrected chi connectivity index (χ4v) is 2.92. The van der Waals surface area contributed by atoms with Crippen molar-refractivity contribution in [3.8, 4) is 11.4 Å². The number of aryl methyl sites for hydroxylation is 4. The first-order chi connectivity index (χ1) is 11.5. The van der Waals surface area contributed by atoms with Gasteiger partial charge in [0.1, 0.15) is 5.82 Å². The van der Waals surface area contributed by atoms with Crippen molar-refractivity contribution in [2.75, 3.05) is 0 Å². The molecule has 0 amide bonds. The van der Waals surface area contributed by atoms with E-state index >= 15 is 0 Å². The zero-order valence-electron chi connectivity index (χ0n) is 14.3. The molecule has 0 aliphatic rings. The lowest BCUT2D eigenvalue weighted by Crippen LogP contribution is -2.04. The molecule has 0 aliphatic carbocycles. The number of hydrogen-bond acceptors (Lipinski definition) is 2. The van der Waals surface area contributed by atoms with Gasteiger partial charge in [0, 0.05) is 18.5 Å². The van der Waals surface area contributed by atoms with Crippen molar-refractivity contribution in [2.24, 2.45) is 0 Å². The summed E-state index contributed by atoms with van der Waals surface area (Å²) in [5.41, 5.74) is 6.73. The molecule has 3 rings (SSSR count). The van der Waals surface area contributed by atoms with Gasteiger partial charge in [-0.1, -0.05) is 29.8 Å². The van der Waals surface area contributed by atoms with Crippen LogP contribution >= 0.6 is 0 Å². The molecule has 4 heteroatoms. The Kier molecular flexibility index (Phi) is 4.38. The van der Waals surface area contributed by atoms with Crippen LogP contribution in [0.15, 0.2) is 36.4 Å². The van der Waals surface area contributed by atoms with E-state index in [0.29, 0.717) is 13.0 Å². The van der Waals surface area contributed by atoms with Crippen LogP contribution in [0.5, 0.6) is 0 Å². The van der Waals surface area contributed by atoms with Crippen LogP contribution in [-0.2, 0) is 11.3 Å². The van der Waals surface area contributed by atoms with Crippen molar-refractivity contribution >= 4 is 17.0 Å². The second-order valence-electron chi connectivity index (χ2n) is 6.38. The summed E-state index contributed by atoms with van der Waals surface area (Å²) in [7, 11) is 0. The maximum atomic E-state index is 10.9. The van der Waals surface area contributed by atoms with Gasteiger partial charge in [-0.3, -0.25) is 4.79 Å².